The normalized spacial score (nSPS) is 13.9. The van der Waals surface area contributed by atoms with Gasteiger partial charge in [-0.2, -0.15) is 0 Å². The molecule has 1 heterocycles. The first kappa shape index (κ1) is 19.8. The van der Waals surface area contributed by atoms with Crippen LogP contribution in [-0.4, -0.2) is 43.5 Å². The molecular weight excluding hydrogens is 354 g/mol. The maximum absolute atomic E-state index is 12.5. The number of amides is 1. The van der Waals surface area contributed by atoms with Crippen LogP contribution in [0.4, 0.5) is 11.4 Å². The molecule has 4 nitrogen and oxygen atoms in total. The van der Waals surface area contributed by atoms with Crippen molar-refractivity contribution >= 4 is 29.0 Å². The number of nitrogens with zero attached hydrogens (tertiary/aromatic N) is 2. The minimum Gasteiger partial charge on any atom is -0.352 e. The molecule has 0 bridgehead atoms. The number of hydrogen-bond acceptors (Lipinski definition) is 4. The largest absolute Gasteiger partial charge is 0.352 e. The number of para-hydroxylation sites is 1. The Bertz CT molecular complexity index is 808. The molecule has 0 spiro atoms. The Balaban J connectivity index is 2.00. The van der Waals surface area contributed by atoms with Crippen molar-refractivity contribution in [1.29, 1.82) is 0 Å². The molecule has 1 aliphatic rings. The fourth-order valence-electron chi connectivity index (χ4n) is 3.40. The van der Waals surface area contributed by atoms with E-state index in [1.807, 2.05) is 12.1 Å². The van der Waals surface area contributed by atoms with Crippen molar-refractivity contribution in [1.82, 2.24) is 10.2 Å². The Kier molecular flexibility index (Phi) is 6.45. The summed E-state index contributed by atoms with van der Waals surface area (Å²) in [6, 6.07) is 14.9. The number of benzene rings is 2. The van der Waals surface area contributed by atoms with E-state index in [0.717, 1.165) is 30.8 Å². The molecule has 2 aromatic rings. The van der Waals surface area contributed by atoms with Crippen LogP contribution in [0.5, 0.6) is 0 Å². The van der Waals surface area contributed by atoms with Crippen LogP contribution < -0.4 is 10.2 Å². The predicted molar refractivity (Wildman–Crippen MR) is 114 cm³/mol. The van der Waals surface area contributed by atoms with Crippen LogP contribution in [0.15, 0.2) is 52.3 Å². The van der Waals surface area contributed by atoms with E-state index in [1.54, 1.807) is 11.8 Å². The Labute approximate surface area is 166 Å². The summed E-state index contributed by atoms with van der Waals surface area (Å²) in [5.74, 6) is 0.00166. The highest BCUT2D eigenvalue weighted by molar-refractivity contribution is 7.99. The predicted octanol–water partition coefficient (Wildman–Crippen LogP) is 4.77. The van der Waals surface area contributed by atoms with Gasteiger partial charge in [0.2, 0.25) is 0 Å². The van der Waals surface area contributed by atoms with Crippen molar-refractivity contribution in [2.24, 2.45) is 0 Å². The number of hydrogen-bond donors (Lipinski definition) is 1. The van der Waals surface area contributed by atoms with Crippen molar-refractivity contribution in [3.8, 4) is 0 Å². The van der Waals surface area contributed by atoms with Crippen LogP contribution in [-0.2, 0) is 0 Å². The average molecular weight is 384 g/mol. The zero-order valence-corrected chi connectivity index (χ0v) is 17.5. The van der Waals surface area contributed by atoms with Gasteiger partial charge < -0.3 is 15.1 Å². The van der Waals surface area contributed by atoms with Crippen molar-refractivity contribution in [3.05, 3.63) is 48.0 Å². The van der Waals surface area contributed by atoms with Gasteiger partial charge in [-0.3, -0.25) is 4.79 Å². The maximum atomic E-state index is 12.5. The minimum absolute atomic E-state index is 0.00166. The van der Waals surface area contributed by atoms with Crippen molar-refractivity contribution in [2.75, 3.05) is 31.6 Å². The second-order valence-electron chi connectivity index (χ2n) is 7.08. The smallest absolute Gasteiger partial charge is 0.251 e. The highest BCUT2D eigenvalue weighted by Crippen LogP contribution is 2.49. The zero-order chi connectivity index (χ0) is 19.4. The zero-order valence-electron chi connectivity index (χ0n) is 16.7. The molecule has 0 aromatic heterocycles. The van der Waals surface area contributed by atoms with Gasteiger partial charge in [0.1, 0.15) is 0 Å². The number of fused-ring (bicyclic) bond motifs is 2. The number of nitrogens with one attached hydrogen (secondary N) is 1. The van der Waals surface area contributed by atoms with E-state index < -0.39 is 0 Å². The summed E-state index contributed by atoms with van der Waals surface area (Å²) in [7, 11) is 2.15. The molecule has 1 atom stereocenters. The molecule has 5 heteroatoms. The van der Waals surface area contributed by atoms with E-state index in [2.05, 4.69) is 73.3 Å². The highest BCUT2D eigenvalue weighted by Gasteiger charge is 2.28. The quantitative estimate of drug-likeness (QED) is 0.747. The molecule has 0 radical (unpaired) electrons. The number of likely N-dealkylation sites (N-methyl/N-ethyl adjacent to an activating group) is 1. The molecule has 1 aliphatic heterocycles. The summed E-state index contributed by atoms with van der Waals surface area (Å²) in [4.78, 5) is 19.7. The SMILES string of the molecule is CCCNC(=O)c1ccc2c(c1)N([C@H](C)CN(C)CC)c1ccccc1S2. The third-order valence-electron chi connectivity index (χ3n) is 4.92. The van der Waals surface area contributed by atoms with Gasteiger partial charge >= 0.3 is 0 Å². The first-order valence-electron chi connectivity index (χ1n) is 9.72. The van der Waals surface area contributed by atoms with Gasteiger partial charge in [0.25, 0.3) is 5.91 Å². The lowest BCUT2D eigenvalue weighted by molar-refractivity contribution is 0.0953. The van der Waals surface area contributed by atoms with Gasteiger partial charge in [-0.15, -0.1) is 0 Å². The Hall–Kier alpha value is -1.98. The van der Waals surface area contributed by atoms with E-state index >= 15 is 0 Å². The number of anilines is 2. The summed E-state index contributed by atoms with van der Waals surface area (Å²) >= 11 is 1.78. The van der Waals surface area contributed by atoms with Crippen LogP contribution in [0.25, 0.3) is 0 Å². The number of rotatable bonds is 7. The Morgan fingerprint density at radius 2 is 1.89 bits per heavy atom. The summed E-state index contributed by atoms with van der Waals surface area (Å²) in [5, 5.41) is 2.99. The Morgan fingerprint density at radius 3 is 2.63 bits per heavy atom. The summed E-state index contributed by atoms with van der Waals surface area (Å²) in [6.07, 6.45) is 0.937. The fourth-order valence-corrected chi connectivity index (χ4v) is 4.45. The summed E-state index contributed by atoms with van der Waals surface area (Å²) in [5.41, 5.74) is 3.07. The minimum atomic E-state index is 0.00166. The second-order valence-corrected chi connectivity index (χ2v) is 8.17. The van der Waals surface area contributed by atoms with Gasteiger partial charge in [-0.25, -0.2) is 0 Å². The van der Waals surface area contributed by atoms with Crippen LogP contribution in [0, 0.1) is 0 Å². The molecule has 0 aliphatic carbocycles. The molecule has 144 valence electrons. The lowest BCUT2D eigenvalue weighted by Crippen LogP contribution is -2.39. The Morgan fingerprint density at radius 1 is 1.15 bits per heavy atom. The van der Waals surface area contributed by atoms with Gasteiger partial charge in [0, 0.05) is 34.5 Å². The van der Waals surface area contributed by atoms with E-state index in [4.69, 9.17) is 0 Å². The standard InChI is InChI=1S/C22H29N3OS/c1-5-13-23-22(26)17-11-12-21-19(14-17)25(16(3)15-24(4)6-2)18-9-7-8-10-20(18)27-21/h7-12,14,16H,5-6,13,15H2,1-4H3,(H,23,26)/t16-/m1/s1. The van der Waals surface area contributed by atoms with Crippen molar-refractivity contribution in [2.45, 2.75) is 43.0 Å². The summed E-state index contributed by atoms with van der Waals surface area (Å²) in [6.45, 7) is 9.18. The van der Waals surface area contributed by atoms with Crippen LogP contribution in [0.3, 0.4) is 0 Å². The molecule has 1 amide bonds. The maximum Gasteiger partial charge on any atom is 0.251 e. The van der Waals surface area contributed by atoms with Gasteiger partial charge in [-0.05, 0) is 57.3 Å². The molecule has 3 rings (SSSR count). The molecular formula is C22H29N3OS. The van der Waals surface area contributed by atoms with Crippen LogP contribution in [0.2, 0.25) is 0 Å². The first-order valence-corrected chi connectivity index (χ1v) is 10.5. The van der Waals surface area contributed by atoms with Gasteiger partial charge in [-0.1, -0.05) is 37.7 Å². The van der Waals surface area contributed by atoms with Gasteiger partial charge in [0.15, 0.2) is 0 Å². The molecule has 0 fully saturated rings. The third-order valence-corrected chi connectivity index (χ3v) is 6.05. The third kappa shape index (κ3) is 4.30. The summed E-state index contributed by atoms with van der Waals surface area (Å²) < 4.78 is 0. The molecule has 2 aromatic carbocycles. The van der Waals surface area contributed by atoms with E-state index in [0.29, 0.717) is 12.6 Å². The molecule has 1 N–H and O–H groups in total. The molecule has 27 heavy (non-hydrogen) atoms. The highest BCUT2D eigenvalue weighted by atomic mass is 32.2. The fraction of sp³-hybridized carbons (Fsp3) is 0.409. The monoisotopic (exact) mass is 383 g/mol. The van der Waals surface area contributed by atoms with E-state index in [1.165, 1.54) is 15.5 Å². The topological polar surface area (TPSA) is 35.6 Å². The number of carbonyl (C=O) groups is 1. The first-order chi connectivity index (χ1) is 13.0. The van der Waals surface area contributed by atoms with Crippen LogP contribution >= 0.6 is 11.8 Å². The van der Waals surface area contributed by atoms with E-state index in [-0.39, 0.29) is 5.91 Å². The van der Waals surface area contributed by atoms with Crippen molar-refractivity contribution in [3.63, 3.8) is 0 Å². The second kappa shape index (κ2) is 8.81. The molecule has 0 saturated carbocycles. The van der Waals surface area contributed by atoms with Crippen molar-refractivity contribution < 1.29 is 4.79 Å². The molecule has 0 saturated heterocycles. The van der Waals surface area contributed by atoms with Gasteiger partial charge in [0.05, 0.1) is 11.4 Å². The van der Waals surface area contributed by atoms with E-state index in [9.17, 15) is 4.79 Å². The van der Waals surface area contributed by atoms with Crippen LogP contribution in [0.1, 0.15) is 37.6 Å². The number of carbonyl (C=O) groups excluding carboxylic acids is 1. The average Bonchev–Trinajstić information content (AvgIpc) is 2.69. The lowest BCUT2D eigenvalue weighted by atomic mass is 10.1. The lowest BCUT2D eigenvalue weighted by Gasteiger charge is -2.38. The molecule has 0 unspecified atom stereocenters.